The van der Waals surface area contributed by atoms with Gasteiger partial charge in [0.2, 0.25) is 11.9 Å². The van der Waals surface area contributed by atoms with Gasteiger partial charge in [-0.2, -0.15) is 4.98 Å². The van der Waals surface area contributed by atoms with Crippen LogP contribution in [0.3, 0.4) is 0 Å². The molecule has 4 aromatic rings. The molecule has 0 amide bonds. The topological polar surface area (TPSA) is 68.8 Å². The Balaban J connectivity index is 1.61. The lowest BCUT2D eigenvalue weighted by molar-refractivity contribution is 0.434. The van der Waals surface area contributed by atoms with E-state index in [4.69, 9.17) is 5.73 Å². The summed E-state index contributed by atoms with van der Waals surface area (Å²) in [6, 6.07) is 24.0. The summed E-state index contributed by atoms with van der Waals surface area (Å²) in [4.78, 5) is 4.44. The van der Waals surface area contributed by atoms with Gasteiger partial charge >= 0.3 is 0 Å². The Kier molecular flexibility index (Phi) is 4.01. The van der Waals surface area contributed by atoms with Crippen molar-refractivity contribution in [3.63, 3.8) is 0 Å². The van der Waals surface area contributed by atoms with Crippen LogP contribution in [0.1, 0.15) is 42.1 Å². The van der Waals surface area contributed by atoms with Crippen LogP contribution in [-0.2, 0) is 6.42 Å². The van der Waals surface area contributed by atoms with Crippen LogP contribution in [0.15, 0.2) is 66.7 Å². The summed E-state index contributed by atoms with van der Waals surface area (Å²) in [5.74, 6) is 1.03. The van der Waals surface area contributed by atoms with E-state index in [0.29, 0.717) is 5.95 Å². The molecule has 5 heteroatoms. The molecule has 0 bridgehead atoms. The largest absolute Gasteiger partial charge is 0.366 e. The molecule has 3 N–H and O–H groups in total. The molecular formula is C23H23N5. The summed E-state index contributed by atoms with van der Waals surface area (Å²) in [7, 11) is 0. The molecular weight excluding hydrogens is 346 g/mol. The van der Waals surface area contributed by atoms with Gasteiger partial charge in [-0.1, -0.05) is 73.7 Å². The molecule has 0 radical (unpaired) electrons. The summed E-state index contributed by atoms with van der Waals surface area (Å²) >= 11 is 0. The van der Waals surface area contributed by atoms with Gasteiger partial charge in [-0.05, 0) is 40.3 Å². The molecule has 0 unspecified atom stereocenters. The van der Waals surface area contributed by atoms with E-state index in [2.05, 4.69) is 89.1 Å². The van der Waals surface area contributed by atoms with E-state index in [9.17, 15) is 0 Å². The Labute approximate surface area is 164 Å². The van der Waals surface area contributed by atoms with Crippen LogP contribution < -0.4 is 11.1 Å². The zero-order valence-electron chi connectivity index (χ0n) is 15.8. The van der Waals surface area contributed by atoms with E-state index in [1.807, 2.05) is 4.68 Å². The first kappa shape index (κ1) is 16.8. The maximum Gasteiger partial charge on any atom is 0.241 e. The number of anilines is 2. The molecule has 3 aromatic carbocycles. The van der Waals surface area contributed by atoms with Crippen molar-refractivity contribution in [1.29, 1.82) is 0 Å². The van der Waals surface area contributed by atoms with Gasteiger partial charge in [0, 0.05) is 0 Å². The fourth-order valence-electron chi connectivity index (χ4n) is 4.20. The standard InChI is InChI=1S/C23H23N5/c1-2-15-10-12-17(13-11-15)20-14-21(28-23(25-20)26-22(24)27-28)19-9-5-7-16-6-3-4-8-18(16)19/h3-13,20-21H,2,14H2,1H3,(H3,24,25,26,27)/t20-,21-/m0/s1. The highest BCUT2D eigenvalue weighted by atomic mass is 15.4. The van der Waals surface area contributed by atoms with Crippen LogP contribution in [0.4, 0.5) is 11.9 Å². The lowest BCUT2D eigenvalue weighted by atomic mass is 9.90. The van der Waals surface area contributed by atoms with Crippen LogP contribution in [-0.4, -0.2) is 14.8 Å². The van der Waals surface area contributed by atoms with E-state index < -0.39 is 0 Å². The molecule has 0 saturated carbocycles. The van der Waals surface area contributed by atoms with Crippen LogP contribution in [0.2, 0.25) is 0 Å². The van der Waals surface area contributed by atoms with Gasteiger partial charge in [-0.25, -0.2) is 4.68 Å². The molecule has 1 aromatic heterocycles. The third kappa shape index (κ3) is 2.80. The van der Waals surface area contributed by atoms with E-state index >= 15 is 0 Å². The Morgan fingerprint density at radius 1 is 1.04 bits per heavy atom. The van der Waals surface area contributed by atoms with Crippen molar-refractivity contribution in [2.24, 2.45) is 0 Å². The third-order valence-corrected chi connectivity index (χ3v) is 5.68. The zero-order valence-corrected chi connectivity index (χ0v) is 15.8. The van der Waals surface area contributed by atoms with Crippen LogP contribution >= 0.6 is 0 Å². The van der Waals surface area contributed by atoms with Crippen molar-refractivity contribution in [3.05, 3.63) is 83.4 Å². The van der Waals surface area contributed by atoms with Crippen molar-refractivity contribution in [3.8, 4) is 0 Å². The first-order chi connectivity index (χ1) is 13.7. The predicted molar refractivity (Wildman–Crippen MR) is 113 cm³/mol. The minimum Gasteiger partial charge on any atom is -0.366 e. The first-order valence-corrected chi connectivity index (χ1v) is 9.78. The summed E-state index contributed by atoms with van der Waals surface area (Å²) in [5.41, 5.74) is 9.81. The van der Waals surface area contributed by atoms with Crippen LogP contribution in [0.25, 0.3) is 10.8 Å². The molecule has 5 nitrogen and oxygen atoms in total. The highest BCUT2D eigenvalue weighted by molar-refractivity contribution is 5.86. The molecule has 28 heavy (non-hydrogen) atoms. The Bertz CT molecular complexity index is 1120. The molecule has 1 aliphatic rings. The highest BCUT2D eigenvalue weighted by Crippen LogP contribution is 2.40. The van der Waals surface area contributed by atoms with Crippen molar-refractivity contribution >= 4 is 22.7 Å². The highest BCUT2D eigenvalue weighted by Gasteiger charge is 2.31. The molecule has 0 fully saturated rings. The molecule has 0 saturated heterocycles. The predicted octanol–water partition coefficient (Wildman–Crippen LogP) is 4.72. The number of nitrogens with two attached hydrogens (primary N) is 1. The number of fused-ring (bicyclic) bond motifs is 2. The Morgan fingerprint density at radius 2 is 1.82 bits per heavy atom. The summed E-state index contributed by atoms with van der Waals surface area (Å²) in [6.07, 6.45) is 1.93. The van der Waals surface area contributed by atoms with Crippen molar-refractivity contribution in [2.45, 2.75) is 31.8 Å². The summed E-state index contributed by atoms with van der Waals surface area (Å²) in [5, 5.41) is 10.5. The van der Waals surface area contributed by atoms with Gasteiger partial charge < -0.3 is 11.1 Å². The van der Waals surface area contributed by atoms with Crippen LogP contribution in [0.5, 0.6) is 0 Å². The van der Waals surface area contributed by atoms with E-state index in [1.54, 1.807) is 0 Å². The van der Waals surface area contributed by atoms with Gasteiger partial charge in [0.25, 0.3) is 0 Å². The third-order valence-electron chi connectivity index (χ3n) is 5.68. The molecule has 2 heterocycles. The Morgan fingerprint density at radius 3 is 2.64 bits per heavy atom. The summed E-state index contributed by atoms with van der Waals surface area (Å²) in [6.45, 7) is 2.18. The summed E-state index contributed by atoms with van der Waals surface area (Å²) < 4.78 is 1.94. The quantitative estimate of drug-likeness (QED) is 0.548. The lowest BCUT2D eigenvalue weighted by Gasteiger charge is -2.32. The molecule has 2 atom stereocenters. The second-order valence-electron chi connectivity index (χ2n) is 7.35. The molecule has 140 valence electrons. The van der Waals surface area contributed by atoms with E-state index in [1.165, 1.54) is 27.5 Å². The number of hydrogen-bond donors (Lipinski definition) is 2. The maximum absolute atomic E-state index is 5.95. The first-order valence-electron chi connectivity index (χ1n) is 9.78. The van der Waals surface area contributed by atoms with Gasteiger partial charge in [0.05, 0.1) is 12.1 Å². The maximum atomic E-state index is 5.95. The molecule has 1 aliphatic heterocycles. The van der Waals surface area contributed by atoms with E-state index in [0.717, 1.165) is 18.8 Å². The zero-order chi connectivity index (χ0) is 19.1. The average molecular weight is 369 g/mol. The number of aromatic nitrogens is 3. The number of nitrogens with one attached hydrogen (secondary N) is 1. The van der Waals surface area contributed by atoms with Gasteiger partial charge in [-0.15, -0.1) is 5.10 Å². The molecule has 0 aliphatic carbocycles. The second kappa shape index (κ2) is 6.68. The minimum atomic E-state index is 0.0722. The minimum absolute atomic E-state index is 0.0722. The lowest BCUT2D eigenvalue weighted by Crippen LogP contribution is -2.28. The molecule has 0 spiro atoms. The number of benzene rings is 3. The van der Waals surface area contributed by atoms with Gasteiger partial charge in [0.15, 0.2) is 0 Å². The number of rotatable bonds is 3. The smallest absolute Gasteiger partial charge is 0.241 e. The number of hydrogen-bond acceptors (Lipinski definition) is 4. The number of nitrogen functional groups attached to an aromatic ring is 1. The SMILES string of the molecule is CCc1ccc([C@@H]2C[C@@H](c3cccc4ccccc34)n3nc(N)nc3N2)cc1. The second-order valence-corrected chi connectivity index (χ2v) is 7.35. The fraction of sp³-hybridized carbons (Fsp3) is 0.217. The normalized spacial score (nSPS) is 18.6. The Hall–Kier alpha value is -3.34. The van der Waals surface area contributed by atoms with Crippen molar-refractivity contribution < 1.29 is 0 Å². The van der Waals surface area contributed by atoms with Crippen molar-refractivity contribution in [2.75, 3.05) is 11.1 Å². The van der Waals surface area contributed by atoms with Gasteiger partial charge in [-0.3, -0.25) is 0 Å². The fourth-order valence-corrected chi connectivity index (χ4v) is 4.20. The van der Waals surface area contributed by atoms with E-state index in [-0.39, 0.29) is 12.1 Å². The molecule has 5 rings (SSSR count). The number of aryl methyl sites for hydroxylation is 1. The van der Waals surface area contributed by atoms with Crippen molar-refractivity contribution in [1.82, 2.24) is 14.8 Å². The monoisotopic (exact) mass is 369 g/mol. The van der Waals surface area contributed by atoms with Crippen LogP contribution in [0, 0.1) is 0 Å². The van der Waals surface area contributed by atoms with Gasteiger partial charge in [0.1, 0.15) is 0 Å². The average Bonchev–Trinajstić information content (AvgIpc) is 3.13. The number of nitrogens with zero attached hydrogens (tertiary/aromatic N) is 3.